The fourth-order valence-corrected chi connectivity index (χ4v) is 2.28. The van der Waals surface area contributed by atoms with Crippen molar-refractivity contribution in [1.29, 1.82) is 0 Å². The largest absolute Gasteiger partial charge is 0.396 e. The first-order valence-corrected chi connectivity index (χ1v) is 6.52. The third-order valence-electron chi connectivity index (χ3n) is 3.54. The van der Waals surface area contributed by atoms with Gasteiger partial charge in [-0.1, -0.05) is 35.9 Å². The Morgan fingerprint density at radius 2 is 1.74 bits per heavy atom. The smallest absolute Gasteiger partial charge is 0.123 e. The molecule has 0 saturated heterocycles. The van der Waals surface area contributed by atoms with Crippen LogP contribution in [0.3, 0.4) is 0 Å². The van der Waals surface area contributed by atoms with Crippen molar-refractivity contribution in [3.05, 3.63) is 70.5 Å². The molecule has 1 unspecified atom stereocenters. The van der Waals surface area contributed by atoms with E-state index in [0.717, 1.165) is 23.1 Å². The summed E-state index contributed by atoms with van der Waals surface area (Å²) in [6, 6.07) is 13.0. The van der Waals surface area contributed by atoms with Gasteiger partial charge in [-0.25, -0.2) is 4.39 Å². The molecular formula is C17H19FO. The lowest BCUT2D eigenvalue weighted by molar-refractivity contribution is 0.264. The molecule has 0 aliphatic carbocycles. The molecule has 2 aromatic rings. The normalized spacial score (nSPS) is 12.4. The molecule has 0 saturated carbocycles. The average molecular weight is 258 g/mol. The number of halogens is 1. The molecule has 2 aromatic carbocycles. The number of aliphatic hydroxyl groups excluding tert-OH is 1. The van der Waals surface area contributed by atoms with Gasteiger partial charge in [0.2, 0.25) is 0 Å². The van der Waals surface area contributed by atoms with E-state index in [4.69, 9.17) is 0 Å². The molecule has 0 aliphatic heterocycles. The third-order valence-corrected chi connectivity index (χ3v) is 3.54. The van der Waals surface area contributed by atoms with Crippen molar-refractivity contribution in [3.8, 4) is 0 Å². The van der Waals surface area contributed by atoms with E-state index >= 15 is 0 Å². The van der Waals surface area contributed by atoms with Crippen LogP contribution in [0.1, 0.15) is 28.2 Å². The molecule has 0 fully saturated rings. The highest BCUT2D eigenvalue weighted by Gasteiger charge is 2.12. The van der Waals surface area contributed by atoms with Crippen molar-refractivity contribution in [2.75, 3.05) is 6.61 Å². The van der Waals surface area contributed by atoms with E-state index in [9.17, 15) is 9.50 Å². The fraction of sp³-hybridized carbons (Fsp3) is 0.294. The Labute approximate surface area is 113 Å². The first-order chi connectivity index (χ1) is 9.10. The first kappa shape index (κ1) is 13.8. The number of hydrogen-bond donors (Lipinski definition) is 1. The van der Waals surface area contributed by atoms with Crippen molar-refractivity contribution in [2.45, 2.75) is 26.2 Å². The molecule has 0 bridgehead atoms. The average Bonchev–Trinajstić information content (AvgIpc) is 2.39. The van der Waals surface area contributed by atoms with Crippen molar-refractivity contribution < 1.29 is 9.50 Å². The second-order valence-electron chi connectivity index (χ2n) is 5.07. The predicted molar refractivity (Wildman–Crippen MR) is 75.8 cm³/mol. The van der Waals surface area contributed by atoms with Crippen LogP contribution in [0.15, 0.2) is 42.5 Å². The first-order valence-electron chi connectivity index (χ1n) is 6.52. The Kier molecular flexibility index (Phi) is 4.33. The van der Waals surface area contributed by atoms with Gasteiger partial charge in [0, 0.05) is 5.92 Å². The molecule has 2 rings (SSSR count). The van der Waals surface area contributed by atoms with Crippen LogP contribution in [0.4, 0.5) is 4.39 Å². The molecule has 19 heavy (non-hydrogen) atoms. The van der Waals surface area contributed by atoms with Gasteiger partial charge in [0.1, 0.15) is 5.82 Å². The highest BCUT2D eigenvalue weighted by molar-refractivity contribution is 5.31. The lowest BCUT2D eigenvalue weighted by Gasteiger charge is -2.16. The number of benzene rings is 2. The Morgan fingerprint density at radius 3 is 2.32 bits per heavy atom. The van der Waals surface area contributed by atoms with Crippen molar-refractivity contribution in [1.82, 2.24) is 0 Å². The third kappa shape index (κ3) is 3.42. The molecule has 2 heteroatoms. The number of aryl methyl sites for hydroxylation is 2. The molecule has 0 radical (unpaired) electrons. The second-order valence-corrected chi connectivity index (χ2v) is 5.07. The van der Waals surface area contributed by atoms with Crippen LogP contribution in [-0.4, -0.2) is 11.7 Å². The minimum atomic E-state index is -0.211. The van der Waals surface area contributed by atoms with Gasteiger partial charge < -0.3 is 5.11 Å². The van der Waals surface area contributed by atoms with Crippen LogP contribution in [0.2, 0.25) is 0 Å². The molecular weight excluding hydrogens is 239 g/mol. The van der Waals surface area contributed by atoms with E-state index in [1.807, 2.05) is 19.9 Å². The SMILES string of the molecule is Cc1ccc(C(CO)Cc2ccc(F)cc2C)cc1. The summed E-state index contributed by atoms with van der Waals surface area (Å²) < 4.78 is 13.1. The van der Waals surface area contributed by atoms with E-state index < -0.39 is 0 Å². The van der Waals surface area contributed by atoms with E-state index in [-0.39, 0.29) is 18.3 Å². The summed E-state index contributed by atoms with van der Waals surface area (Å²) >= 11 is 0. The molecule has 100 valence electrons. The maximum absolute atomic E-state index is 13.1. The summed E-state index contributed by atoms with van der Waals surface area (Å²) in [4.78, 5) is 0. The van der Waals surface area contributed by atoms with Crippen LogP contribution < -0.4 is 0 Å². The summed E-state index contributed by atoms with van der Waals surface area (Å²) in [5, 5.41) is 9.58. The van der Waals surface area contributed by atoms with Crippen molar-refractivity contribution >= 4 is 0 Å². The molecule has 0 heterocycles. The molecule has 0 aliphatic rings. The standard InChI is InChI=1S/C17H19FO/c1-12-3-5-14(6-4-12)16(11-19)10-15-7-8-17(18)9-13(15)2/h3-9,16,19H,10-11H2,1-2H3. The minimum absolute atomic E-state index is 0.0600. The van der Waals surface area contributed by atoms with Crippen LogP contribution in [0.25, 0.3) is 0 Å². The Morgan fingerprint density at radius 1 is 1.05 bits per heavy atom. The molecule has 0 spiro atoms. The van der Waals surface area contributed by atoms with Crippen LogP contribution in [0, 0.1) is 19.7 Å². The minimum Gasteiger partial charge on any atom is -0.396 e. The van der Waals surface area contributed by atoms with Gasteiger partial charge in [-0.2, -0.15) is 0 Å². The van der Waals surface area contributed by atoms with Gasteiger partial charge in [0.15, 0.2) is 0 Å². The number of aliphatic hydroxyl groups is 1. The molecule has 1 atom stereocenters. The van der Waals surface area contributed by atoms with Gasteiger partial charge in [0.05, 0.1) is 6.61 Å². The summed E-state index contributed by atoms with van der Waals surface area (Å²) in [7, 11) is 0. The maximum atomic E-state index is 13.1. The van der Waals surface area contributed by atoms with E-state index in [1.165, 1.54) is 11.6 Å². The highest BCUT2D eigenvalue weighted by Crippen LogP contribution is 2.23. The second kappa shape index (κ2) is 5.98. The lowest BCUT2D eigenvalue weighted by atomic mass is 9.90. The van der Waals surface area contributed by atoms with Crippen molar-refractivity contribution in [3.63, 3.8) is 0 Å². The molecule has 1 nitrogen and oxygen atoms in total. The Hall–Kier alpha value is -1.67. The summed E-state index contributed by atoms with van der Waals surface area (Å²) in [5.74, 6) is -0.151. The number of hydrogen-bond acceptors (Lipinski definition) is 1. The van der Waals surface area contributed by atoms with Gasteiger partial charge in [-0.05, 0) is 49.1 Å². The van der Waals surface area contributed by atoms with E-state index in [1.54, 1.807) is 6.07 Å². The van der Waals surface area contributed by atoms with Crippen molar-refractivity contribution in [2.24, 2.45) is 0 Å². The Bertz CT molecular complexity index is 546. The maximum Gasteiger partial charge on any atom is 0.123 e. The Balaban J connectivity index is 2.21. The van der Waals surface area contributed by atoms with E-state index in [2.05, 4.69) is 24.3 Å². The molecule has 0 aromatic heterocycles. The molecule has 1 N–H and O–H groups in total. The predicted octanol–water partition coefficient (Wildman–Crippen LogP) is 3.76. The van der Waals surface area contributed by atoms with Gasteiger partial charge in [0.25, 0.3) is 0 Å². The van der Waals surface area contributed by atoms with Crippen LogP contribution in [-0.2, 0) is 6.42 Å². The van der Waals surface area contributed by atoms with Gasteiger partial charge in [-0.3, -0.25) is 0 Å². The summed E-state index contributed by atoms with van der Waals surface area (Å²) in [5.41, 5.74) is 4.35. The van der Waals surface area contributed by atoms with Gasteiger partial charge in [-0.15, -0.1) is 0 Å². The zero-order valence-electron chi connectivity index (χ0n) is 11.4. The van der Waals surface area contributed by atoms with Crippen LogP contribution in [0.5, 0.6) is 0 Å². The van der Waals surface area contributed by atoms with E-state index in [0.29, 0.717) is 0 Å². The van der Waals surface area contributed by atoms with Gasteiger partial charge >= 0.3 is 0 Å². The topological polar surface area (TPSA) is 20.2 Å². The summed E-state index contributed by atoms with van der Waals surface area (Å²) in [6.07, 6.45) is 0.728. The summed E-state index contributed by atoms with van der Waals surface area (Å²) in [6.45, 7) is 4.05. The highest BCUT2D eigenvalue weighted by atomic mass is 19.1. The lowest BCUT2D eigenvalue weighted by Crippen LogP contribution is -2.09. The molecule has 0 amide bonds. The fourth-order valence-electron chi connectivity index (χ4n) is 2.28. The monoisotopic (exact) mass is 258 g/mol. The number of rotatable bonds is 4. The zero-order chi connectivity index (χ0) is 13.8. The zero-order valence-corrected chi connectivity index (χ0v) is 11.4. The van der Waals surface area contributed by atoms with Crippen LogP contribution >= 0.6 is 0 Å². The quantitative estimate of drug-likeness (QED) is 0.885.